The third-order valence-corrected chi connectivity index (χ3v) is 4.15. The number of aryl methyl sites for hydroxylation is 1. The predicted octanol–water partition coefficient (Wildman–Crippen LogP) is 3.85. The van der Waals surface area contributed by atoms with E-state index in [-0.39, 0.29) is 0 Å². The second-order valence-corrected chi connectivity index (χ2v) is 5.68. The molecule has 0 radical (unpaired) electrons. The molecule has 2 rings (SSSR count). The summed E-state index contributed by atoms with van der Waals surface area (Å²) in [4.78, 5) is 11.5. The van der Waals surface area contributed by atoms with Gasteiger partial charge in [-0.05, 0) is 56.2 Å². The van der Waals surface area contributed by atoms with Crippen molar-refractivity contribution in [2.75, 3.05) is 6.54 Å². The van der Waals surface area contributed by atoms with Gasteiger partial charge in [-0.2, -0.15) is 0 Å². The number of benzene rings is 1. The Balaban J connectivity index is 1.92. The maximum Gasteiger partial charge on any atom is 0.325 e. The van der Waals surface area contributed by atoms with E-state index < -0.39 is 12.0 Å². The van der Waals surface area contributed by atoms with E-state index in [0.29, 0.717) is 0 Å². The van der Waals surface area contributed by atoms with Gasteiger partial charge in [0.15, 0.2) is 0 Å². The van der Waals surface area contributed by atoms with E-state index in [1.165, 1.54) is 36.8 Å². The first-order valence-corrected chi connectivity index (χ1v) is 7.93. The maximum atomic E-state index is 11.5. The second-order valence-electron chi connectivity index (χ2n) is 5.68. The Morgan fingerprint density at radius 3 is 2.62 bits per heavy atom. The highest BCUT2D eigenvalue weighted by molar-refractivity contribution is 5.75. The number of carbonyl (C=O) groups is 1. The molecule has 0 bridgehead atoms. The van der Waals surface area contributed by atoms with Gasteiger partial charge in [0.1, 0.15) is 6.04 Å². The van der Waals surface area contributed by atoms with Crippen LogP contribution in [0.4, 0.5) is 0 Å². The second kappa shape index (κ2) is 7.99. The van der Waals surface area contributed by atoms with E-state index in [2.05, 4.69) is 18.3 Å². The summed E-state index contributed by atoms with van der Waals surface area (Å²) in [6, 6.07) is 7.25. The summed E-state index contributed by atoms with van der Waals surface area (Å²) in [5, 5.41) is 12.6. The number of carboxylic acid groups (broad SMARTS) is 1. The number of nitrogens with one attached hydrogen (secondary N) is 1. The van der Waals surface area contributed by atoms with Gasteiger partial charge in [0, 0.05) is 0 Å². The Morgan fingerprint density at radius 1 is 1.29 bits per heavy atom. The van der Waals surface area contributed by atoms with Gasteiger partial charge in [-0.1, -0.05) is 42.8 Å². The number of hydrogen-bond donors (Lipinski definition) is 2. The van der Waals surface area contributed by atoms with Crippen LogP contribution in [0, 0.1) is 0 Å². The van der Waals surface area contributed by atoms with Crippen LogP contribution in [-0.4, -0.2) is 17.6 Å². The highest BCUT2D eigenvalue weighted by Gasteiger charge is 2.18. The summed E-state index contributed by atoms with van der Waals surface area (Å²) >= 11 is 0. The largest absolute Gasteiger partial charge is 0.480 e. The van der Waals surface area contributed by atoms with Crippen LogP contribution in [-0.2, 0) is 11.2 Å². The number of hydrogen-bond acceptors (Lipinski definition) is 2. The van der Waals surface area contributed by atoms with Gasteiger partial charge < -0.3 is 10.4 Å². The van der Waals surface area contributed by atoms with Gasteiger partial charge in [0.2, 0.25) is 0 Å². The first-order valence-electron chi connectivity index (χ1n) is 7.93. The molecule has 3 nitrogen and oxygen atoms in total. The molecule has 0 saturated heterocycles. The minimum absolute atomic E-state index is 0.611. The van der Waals surface area contributed by atoms with Crippen molar-refractivity contribution >= 4 is 5.97 Å². The monoisotopic (exact) mass is 287 g/mol. The number of carboxylic acids is 1. The van der Waals surface area contributed by atoms with Crippen LogP contribution in [0.2, 0.25) is 0 Å². The summed E-state index contributed by atoms with van der Waals surface area (Å²) < 4.78 is 0. The summed E-state index contributed by atoms with van der Waals surface area (Å²) in [7, 11) is 0. The van der Waals surface area contributed by atoms with E-state index in [4.69, 9.17) is 0 Å². The van der Waals surface area contributed by atoms with E-state index in [9.17, 15) is 9.90 Å². The molecule has 1 aromatic rings. The zero-order chi connectivity index (χ0) is 15.1. The topological polar surface area (TPSA) is 49.3 Å². The van der Waals surface area contributed by atoms with Crippen molar-refractivity contribution in [1.82, 2.24) is 5.32 Å². The fourth-order valence-corrected chi connectivity index (χ4v) is 2.80. The zero-order valence-electron chi connectivity index (χ0n) is 12.8. The fraction of sp³-hybridized carbons (Fsp3) is 0.500. The van der Waals surface area contributed by atoms with Crippen LogP contribution in [0.1, 0.15) is 56.2 Å². The molecular weight excluding hydrogens is 262 g/mol. The van der Waals surface area contributed by atoms with Crippen molar-refractivity contribution in [3.05, 3.63) is 47.0 Å². The lowest BCUT2D eigenvalue weighted by atomic mass is 9.97. The van der Waals surface area contributed by atoms with Gasteiger partial charge in [0.05, 0.1) is 0 Å². The lowest BCUT2D eigenvalue weighted by Crippen LogP contribution is -2.29. The molecule has 0 aromatic heterocycles. The number of aliphatic carboxylic acids is 1. The molecule has 0 amide bonds. The molecule has 114 valence electrons. The van der Waals surface area contributed by atoms with Crippen LogP contribution >= 0.6 is 0 Å². The molecule has 1 aromatic carbocycles. The average molecular weight is 287 g/mol. The highest BCUT2D eigenvalue weighted by atomic mass is 16.4. The Hall–Kier alpha value is -1.61. The van der Waals surface area contributed by atoms with E-state index in [1.54, 1.807) is 0 Å². The summed E-state index contributed by atoms with van der Waals surface area (Å²) in [5.41, 5.74) is 3.53. The molecule has 0 heterocycles. The van der Waals surface area contributed by atoms with Crippen molar-refractivity contribution in [3.63, 3.8) is 0 Å². The molecule has 1 unspecified atom stereocenters. The van der Waals surface area contributed by atoms with Crippen LogP contribution in [0.3, 0.4) is 0 Å². The Kier molecular flexibility index (Phi) is 6.00. The van der Waals surface area contributed by atoms with Gasteiger partial charge >= 0.3 is 5.97 Å². The van der Waals surface area contributed by atoms with Crippen molar-refractivity contribution in [3.8, 4) is 0 Å². The molecular formula is C18H25NO2. The van der Waals surface area contributed by atoms with E-state index >= 15 is 0 Å². The molecule has 1 aliphatic carbocycles. The molecule has 1 atom stereocenters. The Bertz CT molecular complexity index is 490. The Labute approximate surface area is 127 Å². The molecule has 2 N–H and O–H groups in total. The standard InChI is InChI=1S/C18H25NO2/c1-2-14-8-10-16(11-9-14)17(18(20)21)19-13-12-15-6-4-3-5-7-15/h6,8-11,17,19H,2-5,7,12-13H2,1H3,(H,20,21). The Morgan fingerprint density at radius 2 is 2.05 bits per heavy atom. The fourth-order valence-electron chi connectivity index (χ4n) is 2.80. The molecule has 21 heavy (non-hydrogen) atoms. The first kappa shape index (κ1) is 15.8. The maximum absolute atomic E-state index is 11.5. The number of allylic oxidation sites excluding steroid dienone is 1. The zero-order valence-corrected chi connectivity index (χ0v) is 12.8. The summed E-state index contributed by atoms with van der Waals surface area (Å²) in [5.74, 6) is -0.808. The first-order chi connectivity index (χ1) is 10.2. The molecule has 0 aliphatic heterocycles. The predicted molar refractivity (Wildman–Crippen MR) is 85.4 cm³/mol. The van der Waals surface area contributed by atoms with Gasteiger partial charge in [0.25, 0.3) is 0 Å². The third-order valence-electron chi connectivity index (χ3n) is 4.15. The average Bonchev–Trinajstić information content (AvgIpc) is 2.52. The third kappa shape index (κ3) is 4.71. The van der Waals surface area contributed by atoms with Crippen LogP contribution < -0.4 is 5.32 Å². The molecule has 0 saturated carbocycles. The normalized spacial score (nSPS) is 16.3. The van der Waals surface area contributed by atoms with Crippen LogP contribution in [0.25, 0.3) is 0 Å². The minimum atomic E-state index is -0.808. The van der Waals surface area contributed by atoms with E-state index in [0.717, 1.165) is 24.9 Å². The quantitative estimate of drug-likeness (QED) is 0.749. The van der Waals surface area contributed by atoms with Crippen LogP contribution in [0.5, 0.6) is 0 Å². The highest BCUT2D eigenvalue weighted by Crippen LogP contribution is 2.20. The van der Waals surface area contributed by atoms with E-state index in [1.807, 2.05) is 24.3 Å². The SMILES string of the molecule is CCc1ccc(C(NCCC2=CCCCC2)C(=O)O)cc1. The van der Waals surface area contributed by atoms with Crippen molar-refractivity contribution in [2.45, 2.75) is 51.5 Å². The molecule has 1 aliphatic rings. The lowest BCUT2D eigenvalue weighted by Gasteiger charge is -2.17. The summed E-state index contributed by atoms with van der Waals surface area (Å²) in [6.07, 6.45) is 9.15. The number of rotatable bonds is 7. The van der Waals surface area contributed by atoms with Crippen LogP contribution in [0.15, 0.2) is 35.9 Å². The smallest absolute Gasteiger partial charge is 0.325 e. The lowest BCUT2D eigenvalue weighted by molar-refractivity contribution is -0.139. The molecule has 0 fully saturated rings. The molecule has 3 heteroatoms. The van der Waals surface area contributed by atoms with Crippen molar-refractivity contribution in [1.29, 1.82) is 0 Å². The van der Waals surface area contributed by atoms with Gasteiger partial charge in [-0.3, -0.25) is 4.79 Å². The molecule has 0 spiro atoms. The van der Waals surface area contributed by atoms with Crippen molar-refractivity contribution < 1.29 is 9.90 Å². The minimum Gasteiger partial charge on any atom is -0.480 e. The van der Waals surface area contributed by atoms with Gasteiger partial charge in [-0.25, -0.2) is 0 Å². The van der Waals surface area contributed by atoms with Gasteiger partial charge in [-0.15, -0.1) is 0 Å². The van der Waals surface area contributed by atoms with Crippen molar-refractivity contribution in [2.24, 2.45) is 0 Å². The summed E-state index contributed by atoms with van der Waals surface area (Å²) in [6.45, 7) is 2.82.